The van der Waals surface area contributed by atoms with Crippen LogP contribution in [0.5, 0.6) is 0 Å². The molecule has 4 rings (SSSR count). The Balaban J connectivity index is 1.85. The van der Waals surface area contributed by atoms with Crippen molar-refractivity contribution in [1.29, 1.82) is 5.26 Å². The number of thiophene rings is 2. The minimum absolute atomic E-state index is 0.00600. The Morgan fingerprint density at radius 2 is 1.96 bits per heavy atom. The molecule has 0 atom stereocenters. The van der Waals surface area contributed by atoms with E-state index in [9.17, 15) is 4.79 Å². The molecule has 3 heterocycles. The number of nitrogens with zero attached hydrogens (tertiary/aromatic N) is 3. The number of benzene rings is 1. The van der Waals surface area contributed by atoms with Crippen molar-refractivity contribution in [2.24, 2.45) is 0 Å². The van der Waals surface area contributed by atoms with Gasteiger partial charge in [-0.1, -0.05) is 36.4 Å². The Bertz CT molecular complexity index is 1150. The van der Waals surface area contributed by atoms with Crippen LogP contribution in [0.2, 0.25) is 0 Å². The van der Waals surface area contributed by atoms with Crippen LogP contribution < -0.4 is 5.56 Å². The molecule has 134 valence electrons. The molecule has 0 saturated heterocycles. The average molecular weight is 392 g/mol. The molecule has 0 radical (unpaired) electrons. The van der Waals surface area contributed by atoms with Gasteiger partial charge in [0.25, 0.3) is 5.56 Å². The molecular weight excluding hydrogens is 374 g/mol. The minimum Gasteiger partial charge on any atom is -0.296 e. The fourth-order valence-corrected chi connectivity index (χ4v) is 4.91. The Labute approximate surface area is 165 Å². The maximum Gasteiger partial charge on any atom is 0.262 e. The van der Waals surface area contributed by atoms with E-state index in [2.05, 4.69) is 6.07 Å². The van der Waals surface area contributed by atoms with Crippen LogP contribution in [-0.4, -0.2) is 9.55 Å². The second kappa shape index (κ2) is 7.87. The highest BCUT2D eigenvalue weighted by molar-refractivity contribution is 7.18. The first-order valence-corrected chi connectivity index (χ1v) is 10.5. The van der Waals surface area contributed by atoms with Crippen molar-refractivity contribution in [2.75, 3.05) is 0 Å². The number of aromatic nitrogens is 2. The predicted molar refractivity (Wildman–Crippen MR) is 111 cm³/mol. The molecule has 27 heavy (non-hydrogen) atoms. The van der Waals surface area contributed by atoms with Crippen LogP contribution in [0, 0.1) is 11.3 Å². The summed E-state index contributed by atoms with van der Waals surface area (Å²) in [4.78, 5) is 20.1. The van der Waals surface area contributed by atoms with Gasteiger partial charge in [0.05, 0.1) is 11.5 Å². The van der Waals surface area contributed by atoms with Crippen LogP contribution in [0.1, 0.15) is 24.2 Å². The predicted octanol–water partition coefficient (Wildman–Crippen LogP) is 5.08. The summed E-state index contributed by atoms with van der Waals surface area (Å²) < 4.78 is 1.76. The smallest absolute Gasteiger partial charge is 0.262 e. The van der Waals surface area contributed by atoms with Gasteiger partial charge < -0.3 is 0 Å². The molecule has 0 aliphatic rings. The number of fused-ring (bicyclic) bond motifs is 1. The Morgan fingerprint density at radius 1 is 1.11 bits per heavy atom. The lowest BCUT2D eigenvalue weighted by atomic mass is 10.1. The van der Waals surface area contributed by atoms with Crippen molar-refractivity contribution in [2.45, 2.75) is 25.8 Å². The molecule has 4 aromatic rings. The number of hydrogen-bond acceptors (Lipinski definition) is 5. The highest BCUT2D eigenvalue weighted by Gasteiger charge is 2.17. The zero-order chi connectivity index (χ0) is 18.6. The number of nitriles is 1. The molecule has 6 heteroatoms. The van der Waals surface area contributed by atoms with Gasteiger partial charge in [0.2, 0.25) is 0 Å². The van der Waals surface area contributed by atoms with E-state index in [0.29, 0.717) is 31.2 Å². The molecule has 0 amide bonds. The van der Waals surface area contributed by atoms with E-state index in [1.165, 1.54) is 11.3 Å². The minimum atomic E-state index is -0.00600. The van der Waals surface area contributed by atoms with E-state index in [-0.39, 0.29) is 5.56 Å². The van der Waals surface area contributed by atoms with Gasteiger partial charge in [0.15, 0.2) is 0 Å². The normalized spacial score (nSPS) is 10.9. The Morgan fingerprint density at radius 3 is 2.70 bits per heavy atom. The molecule has 0 bridgehead atoms. The van der Waals surface area contributed by atoms with Gasteiger partial charge >= 0.3 is 0 Å². The van der Waals surface area contributed by atoms with E-state index in [4.69, 9.17) is 10.2 Å². The van der Waals surface area contributed by atoms with Crippen LogP contribution in [-0.2, 0) is 13.0 Å². The lowest BCUT2D eigenvalue weighted by molar-refractivity contribution is 0.598. The molecular formula is C21H17N3OS2. The average Bonchev–Trinajstić information content (AvgIpc) is 3.34. The summed E-state index contributed by atoms with van der Waals surface area (Å²) in [6, 6.07) is 16.2. The molecule has 0 spiro atoms. The van der Waals surface area contributed by atoms with Crippen LogP contribution in [0.25, 0.3) is 20.7 Å². The van der Waals surface area contributed by atoms with E-state index < -0.39 is 0 Å². The van der Waals surface area contributed by atoms with Crippen molar-refractivity contribution >= 4 is 32.9 Å². The molecule has 0 unspecified atom stereocenters. The zero-order valence-electron chi connectivity index (χ0n) is 14.6. The first-order chi connectivity index (χ1) is 13.3. The number of rotatable bonds is 6. The highest BCUT2D eigenvalue weighted by Crippen LogP contribution is 2.33. The molecule has 0 saturated carbocycles. The van der Waals surface area contributed by atoms with Crippen molar-refractivity contribution in [3.05, 3.63) is 75.0 Å². The summed E-state index contributed by atoms with van der Waals surface area (Å²) >= 11 is 3.14. The zero-order valence-corrected chi connectivity index (χ0v) is 16.2. The molecule has 0 aliphatic carbocycles. The third-order valence-corrected chi connectivity index (χ3v) is 6.21. The summed E-state index contributed by atoms with van der Waals surface area (Å²) in [5.74, 6) is 0.760. The molecule has 1 aromatic carbocycles. The Kier molecular flexibility index (Phi) is 5.14. The van der Waals surface area contributed by atoms with Gasteiger partial charge in [-0.15, -0.1) is 22.7 Å². The third kappa shape index (κ3) is 3.57. The topological polar surface area (TPSA) is 58.7 Å². The second-order valence-corrected chi connectivity index (χ2v) is 8.02. The van der Waals surface area contributed by atoms with Crippen molar-refractivity contribution in [3.63, 3.8) is 0 Å². The first-order valence-electron chi connectivity index (χ1n) is 8.73. The van der Waals surface area contributed by atoms with Gasteiger partial charge in [-0.2, -0.15) is 5.26 Å². The van der Waals surface area contributed by atoms with Crippen molar-refractivity contribution in [3.8, 4) is 16.5 Å². The summed E-state index contributed by atoms with van der Waals surface area (Å²) in [6.45, 7) is 0.511. The van der Waals surface area contributed by atoms with Crippen LogP contribution in [0.4, 0.5) is 0 Å². The lowest BCUT2D eigenvalue weighted by Crippen LogP contribution is -2.25. The Hall–Kier alpha value is -2.75. The standard InChI is InChI=1S/C21H17N3OS2/c22-10-4-5-11-24-18(13-15-7-2-1-3-8-15)23-20-19(21(24)25)16(14-27-20)17-9-6-12-26-17/h1-3,6-9,12,14H,4-5,11,13H2. The first kappa shape index (κ1) is 17.7. The van der Waals surface area contributed by atoms with Crippen LogP contribution in [0.3, 0.4) is 0 Å². The summed E-state index contributed by atoms with van der Waals surface area (Å²) in [5.41, 5.74) is 2.07. The van der Waals surface area contributed by atoms with Crippen molar-refractivity contribution in [1.82, 2.24) is 9.55 Å². The van der Waals surface area contributed by atoms with Crippen LogP contribution >= 0.6 is 22.7 Å². The van der Waals surface area contributed by atoms with E-state index in [1.54, 1.807) is 15.9 Å². The van der Waals surface area contributed by atoms with Gasteiger partial charge in [-0.3, -0.25) is 9.36 Å². The SMILES string of the molecule is N#CCCCn1c(Cc2ccccc2)nc2scc(-c3cccs3)c2c1=O. The number of hydrogen-bond donors (Lipinski definition) is 0. The van der Waals surface area contributed by atoms with Gasteiger partial charge in [-0.25, -0.2) is 4.98 Å². The largest absolute Gasteiger partial charge is 0.296 e. The van der Waals surface area contributed by atoms with E-state index in [0.717, 1.165) is 26.7 Å². The maximum atomic E-state index is 13.4. The number of unbranched alkanes of at least 4 members (excludes halogenated alkanes) is 1. The summed E-state index contributed by atoms with van der Waals surface area (Å²) in [6.07, 6.45) is 1.67. The fraction of sp³-hybridized carbons (Fsp3) is 0.190. The van der Waals surface area contributed by atoms with Gasteiger partial charge in [-0.05, 0) is 23.4 Å². The van der Waals surface area contributed by atoms with Gasteiger partial charge in [0.1, 0.15) is 10.7 Å². The molecule has 0 fully saturated rings. The van der Waals surface area contributed by atoms with Gasteiger partial charge in [0, 0.05) is 35.2 Å². The lowest BCUT2D eigenvalue weighted by Gasteiger charge is -2.12. The van der Waals surface area contributed by atoms with Crippen LogP contribution in [0.15, 0.2) is 58.0 Å². The summed E-state index contributed by atoms with van der Waals surface area (Å²) in [5, 5.41) is 13.6. The highest BCUT2D eigenvalue weighted by atomic mass is 32.1. The summed E-state index contributed by atoms with van der Waals surface area (Å²) in [7, 11) is 0. The van der Waals surface area contributed by atoms with E-state index in [1.807, 2.05) is 53.2 Å². The molecule has 0 aliphatic heterocycles. The third-order valence-electron chi connectivity index (χ3n) is 4.43. The monoisotopic (exact) mass is 391 g/mol. The maximum absolute atomic E-state index is 13.4. The van der Waals surface area contributed by atoms with Crippen molar-refractivity contribution < 1.29 is 0 Å². The fourth-order valence-electron chi connectivity index (χ4n) is 3.14. The van der Waals surface area contributed by atoms with E-state index >= 15 is 0 Å². The molecule has 0 N–H and O–H groups in total. The quantitative estimate of drug-likeness (QED) is 0.431. The molecule has 4 nitrogen and oxygen atoms in total. The molecule has 3 aromatic heterocycles. The second-order valence-electron chi connectivity index (χ2n) is 6.22.